The van der Waals surface area contributed by atoms with E-state index in [0.717, 1.165) is 103 Å². The standard InChI is InChI=1S/C67H112O6/c1-4-7-10-13-16-19-22-25-28-30-32-33-34-35-36-38-39-42-45-48-51-54-57-60-66(69)72-63-64(62-71-65(68)59-56-53-50-47-44-41-27-24-21-18-15-12-9-6-3)73-67(70)61-58-55-52-49-46-43-40-37-31-29-26-23-20-17-14-11-8-5-2/h7,10,16,19-20,23,25,28-29,31-33,35-36,39,42,48,51,64H,4-6,8-9,11-15,17-18,21-22,24,26-27,30,34,37-38,40-41,43-47,49-50,52-63H2,1-3H3/b10-7-,19-16-,23-20-,28-25-,31-29-,33-32-,36-35-,42-39-,51-48-. The van der Waals surface area contributed by atoms with Crippen molar-refractivity contribution in [3.05, 3.63) is 109 Å². The second-order valence-corrected chi connectivity index (χ2v) is 19.9. The summed E-state index contributed by atoms with van der Waals surface area (Å²) in [6, 6.07) is 0. The maximum Gasteiger partial charge on any atom is 0.306 e. The molecule has 0 radical (unpaired) electrons. The minimum absolute atomic E-state index is 0.0984. The van der Waals surface area contributed by atoms with Crippen LogP contribution >= 0.6 is 0 Å². The summed E-state index contributed by atoms with van der Waals surface area (Å²) in [7, 11) is 0. The Kier molecular flexibility index (Phi) is 57.4. The molecule has 73 heavy (non-hydrogen) atoms. The third kappa shape index (κ3) is 58.8. The summed E-state index contributed by atoms with van der Waals surface area (Å²) in [4.78, 5) is 38.2. The van der Waals surface area contributed by atoms with Gasteiger partial charge >= 0.3 is 17.9 Å². The maximum absolute atomic E-state index is 12.9. The Labute approximate surface area is 450 Å². The van der Waals surface area contributed by atoms with E-state index in [1.54, 1.807) is 0 Å². The summed E-state index contributed by atoms with van der Waals surface area (Å²) >= 11 is 0. The molecular weight excluding hydrogens is 901 g/mol. The van der Waals surface area contributed by atoms with Crippen molar-refractivity contribution in [2.45, 2.75) is 284 Å². The normalized spacial score (nSPS) is 12.9. The zero-order valence-electron chi connectivity index (χ0n) is 47.6. The summed E-state index contributed by atoms with van der Waals surface area (Å²) in [5, 5.41) is 0. The van der Waals surface area contributed by atoms with Gasteiger partial charge in [-0.05, 0) is 103 Å². The second kappa shape index (κ2) is 60.6. The monoisotopic (exact) mass is 1010 g/mol. The Morgan fingerprint density at radius 1 is 0.288 bits per heavy atom. The lowest BCUT2D eigenvalue weighted by molar-refractivity contribution is -0.167. The summed E-state index contributed by atoms with van der Waals surface area (Å²) in [5.74, 6) is -0.963. The van der Waals surface area contributed by atoms with E-state index in [4.69, 9.17) is 14.2 Å². The second-order valence-electron chi connectivity index (χ2n) is 19.9. The molecule has 0 amide bonds. The lowest BCUT2D eigenvalue weighted by Gasteiger charge is -2.18. The Morgan fingerprint density at radius 3 is 0.904 bits per heavy atom. The van der Waals surface area contributed by atoms with Crippen LogP contribution in [0, 0.1) is 0 Å². The molecule has 0 heterocycles. The lowest BCUT2D eigenvalue weighted by atomic mass is 10.0. The molecule has 416 valence electrons. The van der Waals surface area contributed by atoms with Crippen LogP contribution in [0.4, 0.5) is 0 Å². The van der Waals surface area contributed by atoms with Crippen LogP contribution in [0.3, 0.4) is 0 Å². The van der Waals surface area contributed by atoms with E-state index in [1.807, 2.05) is 0 Å². The molecule has 0 saturated heterocycles. The van der Waals surface area contributed by atoms with Gasteiger partial charge in [-0.3, -0.25) is 14.4 Å². The van der Waals surface area contributed by atoms with Crippen LogP contribution < -0.4 is 0 Å². The van der Waals surface area contributed by atoms with Gasteiger partial charge in [-0.1, -0.05) is 265 Å². The van der Waals surface area contributed by atoms with Crippen LogP contribution in [-0.4, -0.2) is 37.2 Å². The third-order valence-corrected chi connectivity index (χ3v) is 12.8. The highest BCUT2D eigenvalue weighted by atomic mass is 16.6. The van der Waals surface area contributed by atoms with Crippen LogP contribution in [0.25, 0.3) is 0 Å². The largest absolute Gasteiger partial charge is 0.462 e. The predicted molar refractivity (Wildman–Crippen MR) is 316 cm³/mol. The smallest absolute Gasteiger partial charge is 0.306 e. The predicted octanol–water partition coefficient (Wildman–Crippen LogP) is 20.7. The number of unbranched alkanes of at least 4 members (excludes halogenated alkanes) is 25. The average Bonchev–Trinajstić information content (AvgIpc) is 3.39. The molecule has 0 aliphatic heterocycles. The van der Waals surface area contributed by atoms with E-state index in [0.29, 0.717) is 19.3 Å². The van der Waals surface area contributed by atoms with Gasteiger partial charge in [-0.15, -0.1) is 0 Å². The van der Waals surface area contributed by atoms with E-state index in [-0.39, 0.29) is 37.5 Å². The number of ether oxygens (including phenoxy) is 3. The average molecular weight is 1010 g/mol. The molecule has 0 aromatic heterocycles. The van der Waals surface area contributed by atoms with Crippen molar-refractivity contribution < 1.29 is 28.6 Å². The van der Waals surface area contributed by atoms with Crippen molar-refractivity contribution in [1.82, 2.24) is 0 Å². The van der Waals surface area contributed by atoms with Gasteiger partial charge < -0.3 is 14.2 Å². The molecule has 0 N–H and O–H groups in total. The van der Waals surface area contributed by atoms with Crippen molar-refractivity contribution in [1.29, 1.82) is 0 Å². The van der Waals surface area contributed by atoms with Crippen molar-refractivity contribution in [3.8, 4) is 0 Å². The third-order valence-electron chi connectivity index (χ3n) is 12.8. The Bertz CT molecular complexity index is 1490. The number of hydrogen-bond acceptors (Lipinski definition) is 6. The molecule has 0 spiro atoms. The van der Waals surface area contributed by atoms with Gasteiger partial charge in [-0.2, -0.15) is 0 Å². The Morgan fingerprint density at radius 2 is 0.548 bits per heavy atom. The van der Waals surface area contributed by atoms with Crippen LogP contribution in [0.5, 0.6) is 0 Å². The first-order chi connectivity index (χ1) is 36.0. The fraction of sp³-hybridized carbons (Fsp3) is 0.687. The molecule has 0 aromatic carbocycles. The Balaban J connectivity index is 4.48. The van der Waals surface area contributed by atoms with Gasteiger partial charge in [0.15, 0.2) is 6.10 Å². The first kappa shape index (κ1) is 69.1. The first-order valence-corrected chi connectivity index (χ1v) is 30.4. The van der Waals surface area contributed by atoms with Crippen molar-refractivity contribution >= 4 is 17.9 Å². The molecule has 6 nitrogen and oxygen atoms in total. The van der Waals surface area contributed by atoms with Gasteiger partial charge in [0.1, 0.15) is 13.2 Å². The van der Waals surface area contributed by atoms with Crippen molar-refractivity contribution in [3.63, 3.8) is 0 Å². The quantitative estimate of drug-likeness (QED) is 0.0261. The van der Waals surface area contributed by atoms with Crippen LogP contribution in [0.15, 0.2) is 109 Å². The number of rotatable bonds is 54. The van der Waals surface area contributed by atoms with E-state index in [1.165, 1.54) is 128 Å². The minimum Gasteiger partial charge on any atom is -0.462 e. The molecule has 0 saturated carbocycles. The van der Waals surface area contributed by atoms with Crippen molar-refractivity contribution in [2.24, 2.45) is 0 Å². The van der Waals surface area contributed by atoms with Gasteiger partial charge in [0.25, 0.3) is 0 Å². The van der Waals surface area contributed by atoms with E-state index in [2.05, 4.69) is 130 Å². The highest BCUT2D eigenvalue weighted by Crippen LogP contribution is 2.15. The number of esters is 3. The topological polar surface area (TPSA) is 78.9 Å². The minimum atomic E-state index is -0.807. The van der Waals surface area contributed by atoms with Gasteiger partial charge in [0.2, 0.25) is 0 Å². The molecule has 0 rings (SSSR count). The first-order valence-electron chi connectivity index (χ1n) is 30.4. The zero-order chi connectivity index (χ0) is 52.9. The molecule has 0 aromatic rings. The van der Waals surface area contributed by atoms with E-state index in [9.17, 15) is 14.4 Å². The van der Waals surface area contributed by atoms with E-state index < -0.39 is 6.10 Å². The molecule has 1 unspecified atom stereocenters. The number of hydrogen-bond donors (Lipinski definition) is 0. The summed E-state index contributed by atoms with van der Waals surface area (Å²) in [5.41, 5.74) is 0. The molecule has 0 aliphatic rings. The van der Waals surface area contributed by atoms with Crippen LogP contribution in [0.1, 0.15) is 278 Å². The number of allylic oxidation sites excluding steroid dienone is 18. The molecule has 0 aliphatic carbocycles. The maximum atomic E-state index is 12.9. The molecule has 0 bridgehead atoms. The van der Waals surface area contributed by atoms with Crippen molar-refractivity contribution in [2.75, 3.05) is 13.2 Å². The fourth-order valence-electron chi connectivity index (χ4n) is 8.23. The zero-order valence-corrected chi connectivity index (χ0v) is 47.6. The molecular formula is C67H112O6. The van der Waals surface area contributed by atoms with Crippen LogP contribution in [0.2, 0.25) is 0 Å². The highest BCUT2D eigenvalue weighted by Gasteiger charge is 2.19. The number of carbonyl (C=O) groups is 3. The van der Waals surface area contributed by atoms with Gasteiger partial charge in [-0.25, -0.2) is 0 Å². The summed E-state index contributed by atoms with van der Waals surface area (Å²) in [6.45, 7) is 6.47. The van der Waals surface area contributed by atoms with Gasteiger partial charge in [0, 0.05) is 19.3 Å². The SMILES string of the molecule is CC/C=C\C/C=C\C/C=C\C/C=C\C/C=C\C/C=C\C/C=C\CCCC(=O)OCC(COC(=O)CCCCCCCCCCCCCCCC)OC(=O)CCCCCCCCC/C=C\C/C=C\CCCCCC. The van der Waals surface area contributed by atoms with Gasteiger partial charge in [0.05, 0.1) is 0 Å². The lowest BCUT2D eigenvalue weighted by Crippen LogP contribution is -2.30. The fourth-order valence-corrected chi connectivity index (χ4v) is 8.23. The summed E-state index contributed by atoms with van der Waals surface area (Å²) in [6.07, 6.45) is 82.3. The molecule has 0 fully saturated rings. The van der Waals surface area contributed by atoms with Crippen LogP contribution in [-0.2, 0) is 28.6 Å². The number of carbonyl (C=O) groups excluding carboxylic acids is 3. The highest BCUT2D eigenvalue weighted by molar-refractivity contribution is 5.71. The molecule has 6 heteroatoms. The molecule has 1 atom stereocenters. The summed E-state index contributed by atoms with van der Waals surface area (Å²) < 4.78 is 16.8. The Hall–Kier alpha value is -3.93. The van der Waals surface area contributed by atoms with E-state index >= 15 is 0 Å².